The molecule has 32 heavy (non-hydrogen) atoms. The molecule has 0 bridgehead atoms. The molecule has 0 radical (unpaired) electrons. The number of carboxylic acids is 3. The van der Waals surface area contributed by atoms with E-state index < -0.39 is 85.2 Å². The second kappa shape index (κ2) is 13.9. The highest BCUT2D eigenvalue weighted by Gasteiger charge is 2.32. The maximum atomic E-state index is 12.7. The molecule has 0 aromatic heterocycles. The molecule has 0 rings (SSSR count). The van der Waals surface area contributed by atoms with Crippen LogP contribution >= 0.6 is 0 Å². The molecule has 0 aromatic carbocycles. The van der Waals surface area contributed by atoms with Crippen LogP contribution in [0.3, 0.4) is 0 Å². The van der Waals surface area contributed by atoms with E-state index in [1.165, 1.54) is 0 Å². The zero-order valence-electron chi connectivity index (χ0n) is 17.7. The third-order valence-electron chi connectivity index (χ3n) is 4.32. The summed E-state index contributed by atoms with van der Waals surface area (Å²) in [5, 5.41) is 42.4. The third-order valence-corrected chi connectivity index (χ3v) is 4.32. The fraction of sp³-hybridized carbons (Fsp3) is 0.667. The van der Waals surface area contributed by atoms with Gasteiger partial charge in [0.1, 0.15) is 24.2 Å². The first-order valence-electron chi connectivity index (χ1n) is 9.74. The van der Waals surface area contributed by atoms with Gasteiger partial charge in [0, 0.05) is 12.8 Å². The number of aliphatic carboxylic acids is 3. The minimum absolute atomic E-state index is 0.339. The van der Waals surface area contributed by atoms with Crippen LogP contribution in [-0.2, 0) is 28.8 Å². The average molecular weight is 462 g/mol. The predicted molar refractivity (Wildman–Crippen MR) is 107 cm³/mol. The van der Waals surface area contributed by atoms with Gasteiger partial charge < -0.3 is 42.1 Å². The predicted octanol–water partition coefficient (Wildman–Crippen LogP) is -2.77. The molecule has 0 aliphatic heterocycles. The van der Waals surface area contributed by atoms with E-state index in [0.29, 0.717) is 0 Å². The first-order valence-corrected chi connectivity index (χ1v) is 9.74. The van der Waals surface area contributed by atoms with Crippen LogP contribution in [0.15, 0.2) is 0 Å². The van der Waals surface area contributed by atoms with E-state index in [-0.39, 0.29) is 12.8 Å². The summed E-state index contributed by atoms with van der Waals surface area (Å²) in [5.74, 6) is -7.25. The minimum Gasteiger partial charge on any atom is -0.481 e. The van der Waals surface area contributed by atoms with Crippen LogP contribution in [0.4, 0.5) is 0 Å². The smallest absolute Gasteiger partial charge is 0.326 e. The summed E-state index contributed by atoms with van der Waals surface area (Å²) in [6.45, 7) is 2.37. The van der Waals surface area contributed by atoms with Crippen LogP contribution in [0, 0.1) is 5.92 Å². The highest BCUT2D eigenvalue weighted by Crippen LogP contribution is 2.07. The van der Waals surface area contributed by atoms with E-state index in [1.54, 1.807) is 13.8 Å². The number of nitrogens with two attached hydrogens (primary N) is 1. The zero-order chi connectivity index (χ0) is 25.0. The van der Waals surface area contributed by atoms with Gasteiger partial charge in [-0.3, -0.25) is 24.0 Å². The Kier molecular flexibility index (Phi) is 12.5. The minimum atomic E-state index is -1.51. The van der Waals surface area contributed by atoms with Crippen LogP contribution < -0.4 is 21.7 Å². The Hall–Kier alpha value is -3.26. The lowest BCUT2D eigenvalue weighted by Gasteiger charge is -2.26. The Labute approximate surface area is 183 Å². The summed E-state index contributed by atoms with van der Waals surface area (Å²) in [6, 6.07) is -5.54. The zero-order valence-corrected chi connectivity index (χ0v) is 17.7. The monoisotopic (exact) mass is 462 g/mol. The lowest BCUT2D eigenvalue weighted by Crippen LogP contribution is -2.58. The number of nitrogens with one attached hydrogen (secondary N) is 3. The molecule has 0 saturated carbocycles. The number of carbonyl (C=O) groups excluding carboxylic acids is 3. The van der Waals surface area contributed by atoms with Gasteiger partial charge in [0.05, 0.1) is 6.61 Å². The topological polar surface area (TPSA) is 245 Å². The van der Waals surface area contributed by atoms with Gasteiger partial charge in [-0.05, 0) is 18.8 Å². The Morgan fingerprint density at radius 3 is 1.62 bits per heavy atom. The van der Waals surface area contributed by atoms with Crippen LogP contribution in [0.1, 0.15) is 39.5 Å². The van der Waals surface area contributed by atoms with Gasteiger partial charge in [0.2, 0.25) is 17.7 Å². The van der Waals surface area contributed by atoms with E-state index in [1.807, 2.05) is 0 Å². The quantitative estimate of drug-likeness (QED) is 0.124. The molecule has 0 aliphatic rings. The van der Waals surface area contributed by atoms with Crippen molar-refractivity contribution in [1.82, 2.24) is 16.0 Å². The molecule has 0 heterocycles. The van der Waals surface area contributed by atoms with Gasteiger partial charge in [-0.1, -0.05) is 13.8 Å². The van der Waals surface area contributed by atoms with Crippen molar-refractivity contribution in [1.29, 1.82) is 0 Å². The van der Waals surface area contributed by atoms with Crippen LogP contribution in [0.5, 0.6) is 0 Å². The maximum Gasteiger partial charge on any atom is 0.326 e. The first kappa shape index (κ1) is 28.7. The van der Waals surface area contributed by atoms with Crippen molar-refractivity contribution in [2.24, 2.45) is 11.7 Å². The van der Waals surface area contributed by atoms with Crippen molar-refractivity contribution < 1.29 is 49.2 Å². The molecule has 14 heteroatoms. The Morgan fingerprint density at radius 1 is 0.750 bits per heavy atom. The summed E-state index contributed by atoms with van der Waals surface area (Å²) >= 11 is 0. The second-order valence-electron chi connectivity index (χ2n) is 7.34. The van der Waals surface area contributed by atoms with E-state index in [2.05, 4.69) is 16.0 Å². The number of aliphatic hydroxyl groups excluding tert-OH is 1. The standard InChI is InChI=1S/C18H30N4O10/c1-8(2)14(17(30)21-11(18(31)32)4-6-13(26)27)22-16(29)10(3-5-12(24)25)20-15(28)9(19)7-23/h8-11,14,23H,3-7,19H2,1-2H3,(H,20,28)(H,21,30)(H,22,29)(H,24,25)(H,26,27)(H,31,32). The fourth-order valence-electron chi connectivity index (χ4n) is 2.47. The molecule has 0 aliphatic carbocycles. The number of hydrogen-bond acceptors (Lipinski definition) is 8. The van der Waals surface area contributed by atoms with Gasteiger partial charge in [-0.25, -0.2) is 4.79 Å². The highest BCUT2D eigenvalue weighted by atomic mass is 16.4. The van der Waals surface area contributed by atoms with Gasteiger partial charge in [-0.2, -0.15) is 0 Å². The van der Waals surface area contributed by atoms with Crippen molar-refractivity contribution in [2.75, 3.05) is 6.61 Å². The molecule has 0 spiro atoms. The normalized spacial score (nSPS) is 14.5. The van der Waals surface area contributed by atoms with E-state index in [9.17, 15) is 33.9 Å². The SMILES string of the molecule is CC(C)C(NC(=O)C(CCC(=O)O)NC(=O)C(N)CO)C(=O)NC(CCC(=O)O)C(=O)O. The molecular weight excluding hydrogens is 432 g/mol. The van der Waals surface area contributed by atoms with E-state index in [0.717, 1.165) is 0 Å². The lowest BCUT2D eigenvalue weighted by molar-refractivity contribution is -0.143. The van der Waals surface area contributed by atoms with Crippen molar-refractivity contribution in [2.45, 2.75) is 63.7 Å². The van der Waals surface area contributed by atoms with E-state index >= 15 is 0 Å². The maximum absolute atomic E-state index is 12.7. The number of carbonyl (C=O) groups is 6. The molecule has 4 unspecified atom stereocenters. The average Bonchev–Trinajstić information content (AvgIpc) is 2.70. The van der Waals surface area contributed by atoms with Crippen LogP contribution in [0.25, 0.3) is 0 Å². The van der Waals surface area contributed by atoms with Gasteiger partial charge in [-0.15, -0.1) is 0 Å². The van der Waals surface area contributed by atoms with Crippen molar-refractivity contribution in [3.63, 3.8) is 0 Å². The number of amides is 3. The largest absolute Gasteiger partial charge is 0.481 e. The van der Waals surface area contributed by atoms with Gasteiger partial charge in [0.15, 0.2) is 0 Å². The van der Waals surface area contributed by atoms with Gasteiger partial charge in [0.25, 0.3) is 0 Å². The van der Waals surface area contributed by atoms with E-state index in [4.69, 9.17) is 21.1 Å². The Bertz CT molecular complexity index is 712. The number of hydrogen-bond donors (Lipinski definition) is 8. The summed E-state index contributed by atoms with van der Waals surface area (Å²) < 4.78 is 0. The molecule has 0 aromatic rings. The molecule has 14 nitrogen and oxygen atoms in total. The first-order chi connectivity index (χ1) is 14.8. The number of aliphatic hydroxyl groups is 1. The van der Waals surface area contributed by atoms with Crippen molar-refractivity contribution in [3.8, 4) is 0 Å². The lowest BCUT2D eigenvalue weighted by atomic mass is 10.0. The fourth-order valence-corrected chi connectivity index (χ4v) is 2.47. The van der Waals surface area contributed by atoms with Crippen LogP contribution in [0.2, 0.25) is 0 Å². The molecule has 9 N–H and O–H groups in total. The molecular formula is C18H30N4O10. The number of carboxylic acid groups (broad SMARTS) is 3. The summed E-state index contributed by atoms with van der Waals surface area (Å²) in [4.78, 5) is 70.0. The molecule has 182 valence electrons. The van der Waals surface area contributed by atoms with Crippen LogP contribution in [-0.4, -0.2) is 86.8 Å². The second-order valence-corrected chi connectivity index (χ2v) is 7.34. The van der Waals surface area contributed by atoms with Gasteiger partial charge >= 0.3 is 17.9 Å². The van der Waals surface area contributed by atoms with Crippen molar-refractivity contribution in [3.05, 3.63) is 0 Å². The Balaban J connectivity index is 5.42. The summed E-state index contributed by atoms with van der Waals surface area (Å²) in [5.41, 5.74) is 5.38. The molecule has 0 saturated heterocycles. The third kappa shape index (κ3) is 10.7. The molecule has 0 fully saturated rings. The number of rotatable bonds is 15. The summed E-state index contributed by atoms with van der Waals surface area (Å²) in [7, 11) is 0. The Morgan fingerprint density at radius 2 is 1.22 bits per heavy atom. The summed E-state index contributed by atoms with van der Waals surface area (Å²) in [6.07, 6.45) is -1.73. The van der Waals surface area contributed by atoms with Crippen molar-refractivity contribution >= 4 is 35.6 Å². The molecule has 4 atom stereocenters. The molecule has 3 amide bonds. The highest BCUT2D eigenvalue weighted by molar-refractivity contribution is 5.94.